The highest BCUT2D eigenvalue weighted by molar-refractivity contribution is 6.84. The Kier molecular flexibility index (Phi) is 9.14. The van der Waals surface area contributed by atoms with E-state index in [1.165, 1.54) is 25.2 Å². The van der Waals surface area contributed by atoms with Gasteiger partial charge in [-0.05, 0) is 19.3 Å². The molecule has 0 N–H and O–H groups in total. The Morgan fingerprint density at radius 3 is 2.18 bits per heavy atom. The molecule has 3 heteroatoms. The van der Waals surface area contributed by atoms with Crippen LogP contribution in [0.15, 0.2) is 11.8 Å². The molecule has 2 nitrogen and oxygen atoms in total. The Morgan fingerprint density at radius 1 is 1.12 bits per heavy atom. The molecule has 100 valence electrons. The summed E-state index contributed by atoms with van der Waals surface area (Å²) in [5.41, 5.74) is 2.52. The van der Waals surface area contributed by atoms with Crippen LogP contribution in [0.5, 0.6) is 0 Å². The topological polar surface area (TPSA) is 26.3 Å². The molecule has 0 aliphatic rings. The maximum atomic E-state index is 10.9. The van der Waals surface area contributed by atoms with Crippen molar-refractivity contribution in [3.63, 3.8) is 0 Å². The van der Waals surface area contributed by atoms with Gasteiger partial charge in [0.2, 0.25) is 0 Å². The molecule has 0 bridgehead atoms. The van der Waals surface area contributed by atoms with Crippen LogP contribution in [0.1, 0.15) is 46.5 Å². The van der Waals surface area contributed by atoms with Crippen LogP contribution in [0.2, 0.25) is 18.1 Å². The zero-order valence-corrected chi connectivity index (χ0v) is 12.9. The van der Waals surface area contributed by atoms with Gasteiger partial charge in [-0.25, -0.2) is 0 Å². The minimum atomic E-state index is -1.08. The van der Waals surface area contributed by atoms with Crippen LogP contribution in [-0.4, -0.2) is 21.2 Å². The fourth-order valence-electron chi connectivity index (χ4n) is 2.07. The van der Waals surface area contributed by atoms with Crippen LogP contribution < -0.4 is 0 Å². The van der Waals surface area contributed by atoms with Gasteiger partial charge in [-0.1, -0.05) is 50.7 Å². The van der Waals surface area contributed by atoms with E-state index in [4.69, 9.17) is 0 Å². The van der Waals surface area contributed by atoms with E-state index in [-0.39, 0.29) is 5.97 Å². The molecule has 0 unspecified atom stereocenters. The second kappa shape index (κ2) is 9.46. The van der Waals surface area contributed by atoms with Gasteiger partial charge in [0.05, 0.1) is 15.2 Å². The minimum absolute atomic E-state index is 0.0895. The standard InChI is InChI=1S/C14H28O2Si/c1-5-17(6-2,7-3)13-11-9-8-10-12-14(15)16-4/h11,13H,5-10,12H2,1-4H3/b13-11-. The van der Waals surface area contributed by atoms with Gasteiger partial charge in [0, 0.05) is 6.42 Å². The molecule has 0 saturated carbocycles. The van der Waals surface area contributed by atoms with E-state index in [2.05, 4.69) is 37.3 Å². The van der Waals surface area contributed by atoms with Crippen molar-refractivity contribution in [2.75, 3.05) is 7.11 Å². The Hall–Kier alpha value is -0.573. The summed E-state index contributed by atoms with van der Waals surface area (Å²) in [5.74, 6) is -0.0895. The first-order valence-corrected chi connectivity index (χ1v) is 9.58. The lowest BCUT2D eigenvalue weighted by atomic mass is 10.2. The highest BCUT2D eigenvalue weighted by Crippen LogP contribution is 2.21. The van der Waals surface area contributed by atoms with Gasteiger partial charge >= 0.3 is 5.97 Å². The minimum Gasteiger partial charge on any atom is -0.469 e. The fraction of sp³-hybridized carbons (Fsp3) is 0.786. The molecule has 0 atom stereocenters. The number of hydrogen-bond donors (Lipinski definition) is 0. The molecule has 17 heavy (non-hydrogen) atoms. The van der Waals surface area contributed by atoms with Crippen molar-refractivity contribution in [1.29, 1.82) is 0 Å². The third-order valence-electron chi connectivity index (χ3n) is 3.81. The van der Waals surface area contributed by atoms with E-state index in [1.807, 2.05) is 0 Å². The van der Waals surface area contributed by atoms with Gasteiger partial charge in [0.15, 0.2) is 0 Å². The molecule has 0 amide bonds. The third kappa shape index (κ3) is 6.67. The monoisotopic (exact) mass is 256 g/mol. The van der Waals surface area contributed by atoms with Crippen molar-refractivity contribution in [2.45, 2.75) is 64.6 Å². The molecule has 0 aromatic heterocycles. The summed E-state index contributed by atoms with van der Waals surface area (Å²) in [7, 11) is 0.372. The quantitative estimate of drug-likeness (QED) is 0.349. The Morgan fingerprint density at radius 2 is 1.71 bits per heavy atom. The zero-order valence-electron chi connectivity index (χ0n) is 11.9. The number of carbonyl (C=O) groups is 1. The lowest BCUT2D eigenvalue weighted by Crippen LogP contribution is -2.28. The van der Waals surface area contributed by atoms with E-state index in [0.717, 1.165) is 19.3 Å². The Labute approximate surface area is 107 Å². The molecular weight excluding hydrogens is 228 g/mol. The maximum Gasteiger partial charge on any atom is 0.305 e. The average molecular weight is 256 g/mol. The summed E-state index contributed by atoms with van der Waals surface area (Å²) < 4.78 is 4.61. The number of carbonyl (C=O) groups excluding carboxylic acids is 1. The summed E-state index contributed by atoms with van der Waals surface area (Å²) in [6.45, 7) is 6.96. The van der Waals surface area contributed by atoms with E-state index in [0.29, 0.717) is 6.42 Å². The number of methoxy groups -OCH3 is 1. The van der Waals surface area contributed by atoms with Crippen LogP contribution in [0.4, 0.5) is 0 Å². The van der Waals surface area contributed by atoms with E-state index < -0.39 is 8.07 Å². The summed E-state index contributed by atoms with van der Waals surface area (Å²) in [6.07, 6.45) is 6.04. The van der Waals surface area contributed by atoms with Crippen molar-refractivity contribution in [3.05, 3.63) is 11.8 Å². The molecule has 0 heterocycles. The lowest BCUT2D eigenvalue weighted by Gasteiger charge is -2.23. The Balaban J connectivity index is 3.82. The predicted molar refractivity (Wildman–Crippen MR) is 76.8 cm³/mol. The second-order valence-electron chi connectivity index (χ2n) is 4.65. The summed E-state index contributed by atoms with van der Waals surface area (Å²) >= 11 is 0. The lowest BCUT2D eigenvalue weighted by molar-refractivity contribution is -0.140. The third-order valence-corrected chi connectivity index (χ3v) is 8.98. The maximum absolute atomic E-state index is 10.9. The molecule has 0 aromatic rings. The fourth-order valence-corrected chi connectivity index (χ4v) is 4.94. The normalized spacial score (nSPS) is 12.0. The van der Waals surface area contributed by atoms with Gasteiger partial charge in [-0.3, -0.25) is 4.79 Å². The van der Waals surface area contributed by atoms with Crippen LogP contribution in [0.3, 0.4) is 0 Å². The first-order valence-electron chi connectivity index (χ1n) is 6.88. The van der Waals surface area contributed by atoms with E-state index >= 15 is 0 Å². The number of hydrogen-bond acceptors (Lipinski definition) is 2. The number of ether oxygens (including phenoxy) is 1. The summed E-state index contributed by atoms with van der Waals surface area (Å²) in [4.78, 5) is 10.9. The van der Waals surface area contributed by atoms with Crippen LogP contribution in [0, 0.1) is 0 Å². The molecule has 0 aliphatic heterocycles. The molecular formula is C14H28O2Si. The van der Waals surface area contributed by atoms with Gasteiger partial charge in [0.25, 0.3) is 0 Å². The number of unbranched alkanes of at least 4 members (excludes halogenated alkanes) is 2. The van der Waals surface area contributed by atoms with Crippen molar-refractivity contribution < 1.29 is 9.53 Å². The number of rotatable bonds is 9. The van der Waals surface area contributed by atoms with E-state index in [1.54, 1.807) is 0 Å². The van der Waals surface area contributed by atoms with Crippen molar-refractivity contribution in [3.8, 4) is 0 Å². The smallest absolute Gasteiger partial charge is 0.305 e. The van der Waals surface area contributed by atoms with Crippen LogP contribution in [-0.2, 0) is 9.53 Å². The largest absolute Gasteiger partial charge is 0.469 e. The molecule has 0 fully saturated rings. The van der Waals surface area contributed by atoms with Crippen molar-refractivity contribution in [2.24, 2.45) is 0 Å². The second-order valence-corrected chi connectivity index (χ2v) is 9.83. The highest BCUT2D eigenvalue weighted by Gasteiger charge is 2.22. The van der Waals surface area contributed by atoms with Crippen LogP contribution >= 0.6 is 0 Å². The van der Waals surface area contributed by atoms with Gasteiger partial charge in [-0.2, -0.15) is 0 Å². The van der Waals surface area contributed by atoms with Crippen LogP contribution in [0.25, 0.3) is 0 Å². The summed E-state index contributed by atoms with van der Waals surface area (Å²) in [6, 6.07) is 4.04. The molecule has 0 aliphatic carbocycles. The molecule has 0 saturated heterocycles. The number of allylic oxidation sites excluding steroid dienone is 1. The van der Waals surface area contributed by atoms with Gasteiger partial charge in [-0.15, -0.1) is 0 Å². The average Bonchev–Trinajstić information content (AvgIpc) is 2.38. The zero-order chi connectivity index (χ0) is 13.1. The highest BCUT2D eigenvalue weighted by atomic mass is 28.3. The molecule has 0 spiro atoms. The summed E-state index contributed by atoms with van der Waals surface area (Å²) in [5, 5.41) is 0. The Bertz CT molecular complexity index is 224. The van der Waals surface area contributed by atoms with E-state index in [9.17, 15) is 4.79 Å². The van der Waals surface area contributed by atoms with Crippen molar-refractivity contribution >= 4 is 14.0 Å². The SMILES string of the molecule is CC[Si](/C=C\CCCCC(=O)OC)(CC)CC. The number of esters is 1. The molecule has 0 rings (SSSR count). The van der Waals surface area contributed by atoms with Gasteiger partial charge in [0.1, 0.15) is 0 Å². The first-order chi connectivity index (χ1) is 8.14. The first kappa shape index (κ1) is 16.4. The predicted octanol–water partition coefficient (Wildman–Crippen LogP) is 4.32. The molecule has 0 radical (unpaired) electrons. The van der Waals surface area contributed by atoms with Gasteiger partial charge < -0.3 is 4.74 Å². The van der Waals surface area contributed by atoms with Crippen molar-refractivity contribution in [1.82, 2.24) is 0 Å². The molecule has 0 aromatic carbocycles.